The highest BCUT2D eigenvalue weighted by molar-refractivity contribution is 5.43. The molecule has 1 aromatic heterocycles. The van der Waals surface area contributed by atoms with Gasteiger partial charge >= 0.3 is 0 Å². The Morgan fingerprint density at radius 3 is 2.58 bits per heavy atom. The van der Waals surface area contributed by atoms with Gasteiger partial charge < -0.3 is 5.32 Å². The van der Waals surface area contributed by atoms with Crippen LogP contribution in [0.4, 0.5) is 5.69 Å². The fraction of sp³-hybridized carbons (Fsp3) is 0.312. The summed E-state index contributed by atoms with van der Waals surface area (Å²) in [7, 11) is 0. The molecule has 2 heterocycles. The zero-order valence-electron chi connectivity index (χ0n) is 11.3. The predicted octanol–water partition coefficient (Wildman–Crippen LogP) is 3.03. The molecule has 0 saturated carbocycles. The lowest BCUT2D eigenvalue weighted by atomic mass is 10.1. The third kappa shape index (κ3) is 2.76. The van der Waals surface area contributed by atoms with Crippen molar-refractivity contribution in [1.82, 2.24) is 9.88 Å². The molecule has 98 valence electrons. The highest BCUT2D eigenvalue weighted by Crippen LogP contribution is 2.23. The smallest absolute Gasteiger partial charge is 0.0564 e. The summed E-state index contributed by atoms with van der Waals surface area (Å²) in [5.41, 5.74) is 5.19. The SMILES string of the molecule is CCNc1ccnc(CN2Cc3ccccc3C2)c1. The lowest BCUT2D eigenvalue weighted by Gasteiger charge is -2.14. The molecule has 0 saturated heterocycles. The Bertz CT molecular complexity index is 540. The van der Waals surface area contributed by atoms with E-state index in [0.717, 1.165) is 37.6 Å². The Balaban J connectivity index is 1.69. The van der Waals surface area contributed by atoms with Crippen LogP contribution in [0.3, 0.4) is 0 Å². The van der Waals surface area contributed by atoms with Gasteiger partial charge in [-0.1, -0.05) is 24.3 Å². The fourth-order valence-electron chi connectivity index (χ4n) is 2.62. The van der Waals surface area contributed by atoms with E-state index in [0.29, 0.717) is 0 Å². The molecule has 0 spiro atoms. The first-order valence-corrected chi connectivity index (χ1v) is 6.83. The van der Waals surface area contributed by atoms with Crippen molar-refractivity contribution in [3.05, 3.63) is 59.4 Å². The second-order valence-electron chi connectivity index (χ2n) is 4.98. The summed E-state index contributed by atoms with van der Waals surface area (Å²) < 4.78 is 0. The monoisotopic (exact) mass is 253 g/mol. The molecule has 2 aromatic rings. The molecule has 0 bridgehead atoms. The number of fused-ring (bicyclic) bond motifs is 1. The summed E-state index contributed by atoms with van der Waals surface area (Å²) in [6.45, 7) is 6.02. The molecule has 1 aliphatic heterocycles. The Hall–Kier alpha value is -1.87. The van der Waals surface area contributed by atoms with Crippen LogP contribution in [0.15, 0.2) is 42.6 Å². The van der Waals surface area contributed by atoms with Crippen molar-refractivity contribution in [2.45, 2.75) is 26.6 Å². The van der Waals surface area contributed by atoms with Crippen LogP contribution in [0, 0.1) is 0 Å². The van der Waals surface area contributed by atoms with Gasteiger partial charge in [0.1, 0.15) is 0 Å². The molecule has 0 fully saturated rings. The van der Waals surface area contributed by atoms with Gasteiger partial charge in [0.25, 0.3) is 0 Å². The summed E-state index contributed by atoms with van der Waals surface area (Å²) in [4.78, 5) is 6.90. The number of hydrogen-bond acceptors (Lipinski definition) is 3. The largest absolute Gasteiger partial charge is 0.385 e. The first-order chi connectivity index (χ1) is 9.35. The van der Waals surface area contributed by atoms with E-state index in [9.17, 15) is 0 Å². The molecule has 3 rings (SSSR count). The third-order valence-corrected chi connectivity index (χ3v) is 3.49. The molecule has 0 unspecified atom stereocenters. The summed E-state index contributed by atoms with van der Waals surface area (Å²) in [5.74, 6) is 0. The maximum absolute atomic E-state index is 4.47. The van der Waals surface area contributed by atoms with Crippen molar-refractivity contribution in [1.29, 1.82) is 0 Å². The van der Waals surface area contributed by atoms with E-state index in [2.05, 4.69) is 52.5 Å². The van der Waals surface area contributed by atoms with Gasteiger partial charge in [-0.05, 0) is 30.2 Å². The summed E-state index contributed by atoms with van der Waals surface area (Å²) in [5, 5.41) is 3.33. The maximum Gasteiger partial charge on any atom is 0.0564 e. The molecular formula is C16H19N3. The van der Waals surface area contributed by atoms with Crippen molar-refractivity contribution in [2.75, 3.05) is 11.9 Å². The minimum atomic E-state index is 0.911. The average Bonchev–Trinajstić information content (AvgIpc) is 2.81. The minimum absolute atomic E-state index is 0.911. The van der Waals surface area contributed by atoms with Crippen LogP contribution in [0.25, 0.3) is 0 Å². The van der Waals surface area contributed by atoms with Crippen LogP contribution in [0.2, 0.25) is 0 Å². The van der Waals surface area contributed by atoms with Gasteiger partial charge in [0.05, 0.1) is 5.69 Å². The molecule has 1 N–H and O–H groups in total. The number of nitrogens with zero attached hydrogens (tertiary/aromatic N) is 2. The van der Waals surface area contributed by atoms with Gasteiger partial charge in [-0.25, -0.2) is 0 Å². The molecule has 1 aromatic carbocycles. The standard InChI is InChI=1S/C16H19N3/c1-2-17-15-7-8-18-16(9-15)12-19-10-13-5-3-4-6-14(13)11-19/h3-9H,2,10-12H2,1H3,(H,17,18). The second-order valence-corrected chi connectivity index (χ2v) is 4.98. The summed E-state index contributed by atoms with van der Waals surface area (Å²) in [6, 6.07) is 12.8. The molecule has 3 heteroatoms. The molecular weight excluding hydrogens is 234 g/mol. The minimum Gasteiger partial charge on any atom is -0.385 e. The first kappa shape index (κ1) is 12.2. The molecule has 0 aliphatic carbocycles. The second kappa shape index (κ2) is 5.41. The normalized spacial score (nSPS) is 14.4. The Kier molecular flexibility index (Phi) is 3.47. The maximum atomic E-state index is 4.47. The van der Waals surface area contributed by atoms with Gasteiger partial charge in [-0.15, -0.1) is 0 Å². The van der Waals surface area contributed by atoms with E-state index in [-0.39, 0.29) is 0 Å². The number of benzene rings is 1. The number of pyridine rings is 1. The van der Waals surface area contributed by atoms with E-state index in [1.807, 2.05) is 12.3 Å². The molecule has 3 nitrogen and oxygen atoms in total. The van der Waals surface area contributed by atoms with Gasteiger partial charge in [0.2, 0.25) is 0 Å². The van der Waals surface area contributed by atoms with Crippen LogP contribution in [0.1, 0.15) is 23.7 Å². The van der Waals surface area contributed by atoms with E-state index >= 15 is 0 Å². The fourth-order valence-corrected chi connectivity index (χ4v) is 2.62. The van der Waals surface area contributed by atoms with E-state index in [1.165, 1.54) is 11.1 Å². The molecule has 0 amide bonds. The van der Waals surface area contributed by atoms with Crippen molar-refractivity contribution < 1.29 is 0 Å². The summed E-state index contributed by atoms with van der Waals surface area (Å²) >= 11 is 0. The van der Waals surface area contributed by atoms with Gasteiger partial charge in [0, 0.05) is 38.1 Å². The van der Waals surface area contributed by atoms with Crippen LogP contribution in [-0.2, 0) is 19.6 Å². The Morgan fingerprint density at radius 2 is 1.89 bits per heavy atom. The van der Waals surface area contributed by atoms with Gasteiger partial charge in [-0.2, -0.15) is 0 Å². The summed E-state index contributed by atoms with van der Waals surface area (Å²) in [6.07, 6.45) is 1.89. The molecule has 1 aliphatic rings. The van der Waals surface area contributed by atoms with Crippen molar-refractivity contribution in [3.8, 4) is 0 Å². The molecule has 0 radical (unpaired) electrons. The third-order valence-electron chi connectivity index (χ3n) is 3.49. The van der Waals surface area contributed by atoms with Crippen LogP contribution in [0.5, 0.6) is 0 Å². The van der Waals surface area contributed by atoms with Crippen LogP contribution in [-0.4, -0.2) is 16.4 Å². The highest BCUT2D eigenvalue weighted by Gasteiger charge is 2.18. The molecule has 0 atom stereocenters. The topological polar surface area (TPSA) is 28.2 Å². The van der Waals surface area contributed by atoms with Crippen molar-refractivity contribution in [3.63, 3.8) is 0 Å². The van der Waals surface area contributed by atoms with E-state index in [1.54, 1.807) is 0 Å². The zero-order valence-corrected chi connectivity index (χ0v) is 11.3. The highest BCUT2D eigenvalue weighted by atomic mass is 15.1. The van der Waals surface area contributed by atoms with E-state index in [4.69, 9.17) is 0 Å². The number of nitrogens with one attached hydrogen (secondary N) is 1. The predicted molar refractivity (Wildman–Crippen MR) is 77.8 cm³/mol. The quantitative estimate of drug-likeness (QED) is 0.907. The Labute approximate surface area is 114 Å². The van der Waals surface area contributed by atoms with Crippen LogP contribution < -0.4 is 5.32 Å². The number of aromatic nitrogens is 1. The number of hydrogen-bond donors (Lipinski definition) is 1. The molecule has 19 heavy (non-hydrogen) atoms. The van der Waals surface area contributed by atoms with Crippen molar-refractivity contribution in [2.24, 2.45) is 0 Å². The number of rotatable bonds is 4. The Morgan fingerprint density at radius 1 is 1.16 bits per heavy atom. The van der Waals surface area contributed by atoms with E-state index < -0.39 is 0 Å². The number of anilines is 1. The first-order valence-electron chi connectivity index (χ1n) is 6.83. The van der Waals surface area contributed by atoms with Crippen LogP contribution >= 0.6 is 0 Å². The lowest BCUT2D eigenvalue weighted by molar-refractivity contribution is 0.272. The van der Waals surface area contributed by atoms with Gasteiger partial charge in [-0.3, -0.25) is 9.88 Å². The zero-order chi connectivity index (χ0) is 13.1. The van der Waals surface area contributed by atoms with Gasteiger partial charge in [0.15, 0.2) is 0 Å². The lowest BCUT2D eigenvalue weighted by Crippen LogP contribution is -2.16. The van der Waals surface area contributed by atoms with Crippen molar-refractivity contribution >= 4 is 5.69 Å². The average molecular weight is 253 g/mol.